The van der Waals surface area contributed by atoms with Gasteiger partial charge in [-0.15, -0.1) is 0 Å². The van der Waals surface area contributed by atoms with E-state index in [1.54, 1.807) is 12.1 Å². The second-order valence-corrected chi connectivity index (χ2v) is 5.99. The summed E-state index contributed by atoms with van der Waals surface area (Å²) in [7, 11) is 0. The zero-order valence-corrected chi connectivity index (χ0v) is 13.1. The number of phenols is 1. The number of carbonyl (C=O) groups is 2. The molecular weight excluding hydrogens is 325 g/mol. The number of hydrogen-bond donors (Lipinski definition) is 1. The van der Waals surface area contributed by atoms with Gasteiger partial charge in [0.05, 0.1) is 11.3 Å². The lowest BCUT2D eigenvalue weighted by Gasteiger charge is -2.31. The average molecular weight is 339 g/mol. The Hall–Kier alpha value is -3.15. The van der Waals surface area contributed by atoms with Gasteiger partial charge in [-0.25, -0.2) is 9.18 Å². The topological polar surface area (TPSA) is 66.8 Å². The maximum absolute atomic E-state index is 13.2. The van der Waals surface area contributed by atoms with Crippen LogP contribution < -0.4 is 4.90 Å². The van der Waals surface area contributed by atoms with E-state index in [-0.39, 0.29) is 24.7 Å². The molecule has 5 nitrogen and oxygen atoms in total. The number of benzene rings is 2. The van der Waals surface area contributed by atoms with Crippen LogP contribution in [-0.2, 0) is 14.3 Å². The highest BCUT2D eigenvalue weighted by atomic mass is 19.1. The third kappa shape index (κ3) is 2.55. The molecule has 6 heteroatoms. The van der Waals surface area contributed by atoms with Gasteiger partial charge in [0.25, 0.3) is 0 Å². The number of cyclic esters (lactones) is 1. The molecule has 1 atom stereocenters. The molecule has 4 rings (SSSR count). The van der Waals surface area contributed by atoms with Crippen molar-refractivity contribution in [1.82, 2.24) is 0 Å². The van der Waals surface area contributed by atoms with Gasteiger partial charge in [-0.3, -0.25) is 9.69 Å². The molecule has 1 amide bonds. The number of amides is 1. The largest absolute Gasteiger partial charge is 0.508 e. The van der Waals surface area contributed by atoms with Crippen molar-refractivity contribution in [3.05, 3.63) is 71.2 Å². The number of halogens is 1. The summed E-state index contributed by atoms with van der Waals surface area (Å²) in [4.78, 5) is 26.5. The molecule has 2 aromatic rings. The predicted octanol–water partition coefficient (Wildman–Crippen LogP) is 2.86. The summed E-state index contributed by atoms with van der Waals surface area (Å²) in [5.41, 5.74) is 2.19. The summed E-state index contributed by atoms with van der Waals surface area (Å²) in [5, 5.41) is 9.45. The molecule has 0 saturated heterocycles. The molecule has 0 radical (unpaired) electrons. The van der Waals surface area contributed by atoms with Gasteiger partial charge in [0.1, 0.15) is 18.2 Å². The minimum atomic E-state index is -0.451. The Morgan fingerprint density at radius 3 is 2.40 bits per heavy atom. The van der Waals surface area contributed by atoms with Crippen LogP contribution in [0.15, 0.2) is 59.8 Å². The lowest BCUT2D eigenvalue weighted by atomic mass is 9.84. The van der Waals surface area contributed by atoms with Gasteiger partial charge in [0.15, 0.2) is 0 Å². The summed E-state index contributed by atoms with van der Waals surface area (Å²) in [6, 6.07) is 12.0. The first kappa shape index (κ1) is 15.4. The maximum atomic E-state index is 13.2. The fraction of sp³-hybridized carbons (Fsp3) is 0.158. The van der Waals surface area contributed by atoms with Gasteiger partial charge in [-0.05, 0) is 42.0 Å². The van der Waals surface area contributed by atoms with Crippen LogP contribution in [0.1, 0.15) is 17.9 Å². The summed E-state index contributed by atoms with van der Waals surface area (Å²) in [6.45, 7) is 0.00582. The van der Waals surface area contributed by atoms with Crippen molar-refractivity contribution in [1.29, 1.82) is 0 Å². The number of ether oxygens (including phenoxy) is 1. The Labute approximate surface area is 142 Å². The molecule has 1 unspecified atom stereocenters. The SMILES string of the molecule is O=C1OCC2=C1C(c1ccc(O)cc1)CC(=O)N2c1ccc(F)cc1. The van der Waals surface area contributed by atoms with Gasteiger partial charge >= 0.3 is 5.97 Å². The molecule has 0 bridgehead atoms. The number of nitrogens with zero attached hydrogens (tertiary/aromatic N) is 1. The van der Waals surface area contributed by atoms with Gasteiger partial charge in [-0.1, -0.05) is 12.1 Å². The standard InChI is InChI=1S/C19H14FNO4/c20-12-3-5-13(6-4-12)21-16-10-25-19(24)18(16)15(9-17(21)23)11-1-7-14(22)8-2-11/h1-8,15,22H,9-10H2. The first-order valence-electron chi connectivity index (χ1n) is 7.82. The Morgan fingerprint density at radius 1 is 1.04 bits per heavy atom. The van der Waals surface area contributed by atoms with E-state index in [0.29, 0.717) is 17.0 Å². The van der Waals surface area contributed by atoms with Crippen molar-refractivity contribution in [3.63, 3.8) is 0 Å². The minimum Gasteiger partial charge on any atom is -0.508 e. The number of rotatable bonds is 2. The van der Waals surface area contributed by atoms with Crippen molar-refractivity contribution in [2.75, 3.05) is 11.5 Å². The van der Waals surface area contributed by atoms with E-state index in [9.17, 15) is 19.1 Å². The number of hydrogen-bond acceptors (Lipinski definition) is 4. The van der Waals surface area contributed by atoms with Gasteiger partial charge in [-0.2, -0.15) is 0 Å². The van der Waals surface area contributed by atoms with E-state index in [4.69, 9.17) is 4.74 Å². The highest BCUT2D eigenvalue weighted by molar-refractivity contribution is 6.06. The summed E-state index contributed by atoms with van der Waals surface area (Å²) in [6.07, 6.45) is 0.0933. The normalized spacial score (nSPS) is 19.9. The Kier molecular flexibility index (Phi) is 3.53. The van der Waals surface area contributed by atoms with Crippen LogP contribution >= 0.6 is 0 Å². The highest BCUT2D eigenvalue weighted by Gasteiger charge is 2.42. The van der Waals surface area contributed by atoms with Crippen LogP contribution in [0.2, 0.25) is 0 Å². The summed E-state index contributed by atoms with van der Waals surface area (Å²) < 4.78 is 18.4. The fourth-order valence-electron chi connectivity index (χ4n) is 3.34. The molecule has 1 N–H and O–H groups in total. The average Bonchev–Trinajstić information content (AvgIpc) is 2.98. The van der Waals surface area contributed by atoms with E-state index >= 15 is 0 Å². The zero-order valence-electron chi connectivity index (χ0n) is 13.1. The third-order valence-corrected chi connectivity index (χ3v) is 4.50. The molecule has 25 heavy (non-hydrogen) atoms. The van der Waals surface area contributed by atoms with Crippen LogP contribution in [0.5, 0.6) is 5.75 Å². The number of aromatic hydroxyl groups is 1. The molecular formula is C19H14FNO4. The van der Waals surface area contributed by atoms with Crippen molar-refractivity contribution in [2.45, 2.75) is 12.3 Å². The van der Waals surface area contributed by atoms with Crippen molar-refractivity contribution in [3.8, 4) is 5.75 Å². The lowest BCUT2D eigenvalue weighted by Crippen LogP contribution is -2.37. The Bertz CT molecular complexity index is 887. The Balaban J connectivity index is 1.81. The first-order chi connectivity index (χ1) is 12.0. The first-order valence-corrected chi connectivity index (χ1v) is 7.82. The summed E-state index contributed by atoms with van der Waals surface area (Å²) >= 11 is 0. The van der Waals surface area contributed by atoms with Crippen molar-refractivity contribution >= 4 is 17.6 Å². The second kappa shape index (κ2) is 5.73. The van der Waals surface area contributed by atoms with Crippen LogP contribution in [0.3, 0.4) is 0 Å². The molecule has 0 aromatic heterocycles. The van der Waals surface area contributed by atoms with Crippen LogP contribution in [0, 0.1) is 5.82 Å². The predicted molar refractivity (Wildman–Crippen MR) is 87.3 cm³/mol. The lowest BCUT2D eigenvalue weighted by molar-refractivity contribution is -0.136. The Morgan fingerprint density at radius 2 is 1.72 bits per heavy atom. The zero-order chi connectivity index (χ0) is 17.6. The van der Waals surface area contributed by atoms with Gasteiger partial charge in [0.2, 0.25) is 5.91 Å². The van der Waals surface area contributed by atoms with Crippen molar-refractivity contribution < 1.29 is 23.8 Å². The van der Waals surface area contributed by atoms with Gasteiger partial charge < -0.3 is 9.84 Å². The molecule has 0 fully saturated rings. The van der Waals surface area contributed by atoms with Crippen LogP contribution in [0.25, 0.3) is 0 Å². The molecule has 0 spiro atoms. The number of anilines is 1. The quantitative estimate of drug-likeness (QED) is 0.855. The smallest absolute Gasteiger partial charge is 0.336 e. The molecule has 2 aliphatic heterocycles. The molecule has 2 aromatic carbocycles. The molecule has 126 valence electrons. The van der Waals surface area contributed by atoms with E-state index in [0.717, 1.165) is 5.56 Å². The van der Waals surface area contributed by atoms with E-state index in [1.165, 1.54) is 41.3 Å². The summed E-state index contributed by atoms with van der Waals surface area (Å²) in [5.74, 6) is -1.35. The van der Waals surface area contributed by atoms with E-state index < -0.39 is 17.7 Å². The fourth-order valence-corrected chi connectivity index (χ4v) is 3.34. The monoisotopic (exact) mass is 339 g/mol. The second-order valence-electron chi connectivity index (χ2n) is 5.99. The number of carbonyl (C=O) groups excluding carboxylic acids is 2. The van der Waals surface area contributed by atoms with Crippen LogP contribution in [0.4, 0.5) is 10.1 Å². The molecule has 2 aliphatic rings. The van der Waals surface area contributed by atoms with Crippen LogP contribution in [-0.4, -0.2) is 23.6 Å². The van der Waals surface area contributed by atoms with Gasteiger partial charge in [0, 0.05) is 18.0 Å². The number of esters is 1. The van der Waals surface area contributed by atoms with Crippen molar-refractivity contribution in [2.24, 2.45) is 0 Å². The number of phenolic OH excluding ortho intramolecular Hbond substituents is 1. The molecule has 0 aliphatic carbocycles. The van der Waals surface area contributed by atoms with E-state index in [2.05, 4.69) is 0 Å². The minimum absolute atomic E-state index is 0.00582. The molecule has 0 saturated carbocycles. The highest BCUT2D eigenvalue weighted by Crippen LogP contribution is 2.42. The molecule has 2 heterocycles. The third-order valence-electron chi connectivity index (χ3n) is 4.50. The maximum Gasteiger partial charge on any atom is 0.336 e. The van der Waals surface area contributed by atoms with E-state index in [1.807, 2.05) is 0 Å².